The highest BCUT2D eigenvalue weighted by Crippen LogP contribution is 2.23. The highest BCUT2D eigenvalue weighted by Gasteiger charge is 2.13. The summed E-state index contributed by atoms with van der Waals surface area (Å²) >= 11 is 3.33. The number of esters is 1. The lowest BCUT2D eigenvalue weighted by atomic mass is 10.1. The molecule has 0 aliphatic rings. The average molecular weight is 269 g/mol. The first-order chi connectivity index (χ1) is 7.11. The number of aryl methyl sites for hydroxylation is 1. The van der Waals surface area contributed by atoms with Crippen LogP contribution in [0.15, 0.2) is 22.8 Å². The number of aromatic nitrogens is 2. The van der Waals surface area contributed by atoms with Crippen LogP contribution in [0.5, 0.6) is 0 Å². The molecule has 0 N–H and O–H groups in total. The lowest BCUT2D eigenvalue weighted by molar-refractivity contribution is 0.0603. The maximum Gasteiger partial charge on any atom is 0.338 e. The fraction of sp³-hybridized carbons (Fsp3) is 0.200. The summed E-state index contributed by atoms with van der Waals surface area (Å²) in [5.74, 6) is -0.352. The molecule has 1 aromatic carbocycles. The van der Waals surface area contributed by atoms with Gasteiger partial charge in [-0.1, -0.05) is 15.9 Å². The first-order valence-electron chi connectivity index (χ1n) is 4.33. The molecule has 1 aromatic heterocycles. The average Bonchev–Trinajstić information content (AvgIpc) is 2.55. The van der Waals surface area contributed by atoms with Crippen molar-refractivity contribution in [3.8, 4) is 0 Å². The number of carbonyl (C=O) groups excluding carboxylic acids is 1. The summed E-state index contributed by atoms with van der Waals surface area (Å²) < 4.78 is 7.20. The van der Waals surface area contributed by atoms with Crippen LogP contribution in [0.3, 0.4) is 0 Å². The number of carbonyl (C=O) groups is 1. The molecular formula is C10H9BrN2O2. The Hall–Kier alpha value is -1.36. The SMILES string of the molecule is COC(=O)c1cc(Br)cc2nn(C)cc12. The zero-order valence-electron chi connectivity index (χ0n) is 8.32. The van der Waals surface area contributed by atoms with Gasteiger partial charge in [-0.2, -0.15) is 5.10 Å². The van der Waals surface area contributed by atoms with Crippen LogP contribution < -0.4 is 0 Å². The third-order valence-corrected chi connectivity index (χ3v) is 2.57. The molecule has 15 heavy (non-hydrogen) atoms. The lowest BCUT2D eigenvalue weighted by Gasteiger charge is -2.00. The molecule has 0 saturated heterocycles. The van der Waals surface area contributed by atoms with Gasteiger partial charge < -0.3 is 4.74 Å². The van der Waals surface area contributed by atoms with Crippen LogP contribution >= 0.6 is 15.9 Å². The van der Waals surface area contributed by atoms with Gasteiger partial charge in [0.05, 0.1) is 18.2 Å². The van der Waals surface area contributed by atoms with Crippen molar-refractivity contribution >= 4 is 32.8 Å². The van der Waals surface area contributed by atoms with Crippen molar-refractivity contribution in [1.29, 1.82) is 0 Å². The number of nitrogens with zero attached hydrogens (tertiary/aromatic N) is 2. The largest absolute Gasteiger partial charge is 0.465 e. The van der Waals surface area contributed by atoms with E-state index in [1.807, 2.05) is 13.1 Å². The number of fused-ring (bicyclic) bond motifs is 1. The molecule has 2 aromatic rings. The second-order valence-electron chi connectivity index (χ2n) is 3.18. The van der Waals surface area contributed by atoms with Crippen LogP contribution in [-0.4, -0.2) is 22.9 Å². The second-order valence-corrected chi connectivity index (χ2v) is 4.10. The minimum Gasteiger partial charge on any atom is -0.465 e. The van der Waals surface area contributed by atoms with E-state index in [1.165, 1.54) is 7.11 Å². The Kier molecular flexibility index (Phi) is 2.48. The number of benzene rings is 1. The number of hydrogen-bond donors (Lipinski definition) is 0. The number of hydrogen-bond acceptors (Lipinski definition) is 3. The Labute approximate surface area is 95.0 Å². The first kappa shape index (κ1) is 10.2. The van der Waals surface area contributed by atoms with Gasteiger partial charge in [0.25, 0.3) is 0 Å². The summed E-state index contributed by atoms with van der Waals surface area (Å²) in [6.45, 7) is 0. The Morgan fingerprint density at radius 2 is 2.27 bits per heavy atom. The number of ether oxygens (including phenoxy) is 1. The molecule has 0 unspecified atom stereocenters. The summed E-state index contributed by atoms with van der Waals surface area (Å²) in [6.07, 6.45) is 1.80. The first-order valence-corrected chi connectivity index (χ1v) is 5.12. The van der Waals surface area contributed by atoms with Crippen molar-refractivity contribution in [2.75, 3.05) is 7.11 Å². The number of halogens is 1. The maximum absolute atomic E-state index is 11.5. The fourth-order valence-corrected chi connectivity index (χ4v) is 1.93. The van der Waals surface area contributed by atoms with E-state index < -0.39 is 0 Å². The summed E-state index contributed by atoms with van der Waals surface area (Å²) in [6, 6.07) is 3.59. The molecule has 4 nitrogen and oxygen atoms in total. The van der Waals surface area contributed by atoms with Crippen LogP contribution in [0.2, 0.25) is 0 Å². The van der Waals surface area contributed by atoms with Crippen LogP contribution in [0, 0.1) is 0 Å². The molecule has 0 aliphatic heterocycles. The third-order valence-electron chi connectivity index (χ3n) is 2.11. The molecule has 0 atom stereocenters. The van der Waals surface area contributed by atoms with Crippen molar-refractivity contribution in [1.82, 2.24) is 9.78 Å². The fourth-order valence-electron chi connectivity index (χ4n) is 1.49. The molecule has 0 fully saturated rings. The van der Waals surface area contributed by atoms with E-state index >= 15 is 0 Å². The molecule has 2 rings (SSSR count). The lowest BCUT2D eigenvalue weighted by Crippen LogP contribution is -2.01. The molecule has 5 heteroatoms. The Balaban J connectivity index is 2.75. The zero-order chi connectivity index (χ0) is 11.0. The van der Waals surface area contributed by atoms with E-state index in [1.54, 1.807) is 16.9 Å². The highest BCUT2D eigenvalue weighted by molar-refractivity contribution is 9.10. The highest BCUT2D eigenvalue weighted by atomic mass is 79.9. The summed E-state index contributed by atoms with van der Waals surface area (Å²) in [5.41, 5.74) is 1.29. The number of methoxy groups -OCH3 is 1. The number of rotatable bonds is 1. The molecule has 78 valence electrons. The van der Waals surface area contributed by atoms with Crippen LogP contribution in [0.1, 0.15) is 10.4 Å². The Morgan fingerprint density at radius 3 is 2.93 bits per heavy atom. The van der Waals surface area contributed by atoms with E-state index in [0.29, 0.717) is 5.56 Å². The van der Waals surface area contributed by atoms with E-state index in [4.69, 9.17) is 4.74 Å². The summed E-state index contributed by atoms with van der Waals surface area (Å²) in [4.78, 5) is 11.5. The molecule has 0 aliphatic carbocycles. The van der Waals surface area contributed by atoms with Gasteiger partial charge in [-0.3, -0.25) is 4.68 Å². The van der Waals surface area contributed by atoms with Gasteiger partial charge in [0.1, 0.15) is 0 Å². The topological polar surface area (TPSA) is 44.1 Å². The van der Waals surface area contributed by atoms with Gasteiger partial charge in [-0.05, 0) is 12.1 Å². The van der Waals surface area contributed by atoms with Gasteiger partial charge in [0.2, 0.25) is 0 Å². The van der Waals surface area contributed by atoms with Gasteiger partial charge in [-0.25, -0.2) is 4.79 Å². The molecule has 0 spiro atoms. The third kappa shape index (κ3) is 1.74. The van der Waals surface area contributed by atoms with Gasteiger partial charge >= 0.3 is 5.97 Å². The van der Waals surface area contributed by atoms with Crippen molar-refractivity contribution < 1.29 is 9.53 Å². The summed E-state index contributed by atoms with van der Waals surface area (Å²) in [5, 5.41) is 5.03. The van der Waals surface area contributed by atoms with Gasteiger partial charge in [0, 0.05) is 23.1 Å². The van der Waals surface area contributed by atoms with Crippen LogP contribution in [-0.2, 0) is 11.8 Å². The monoisotopic (exact) mass is 268 g/mol. The minimum absolute atomic E-state index is 0.352. The molecule has 0 bridgehead atoms. The van der Waals surface area contributed by atoms with E-state index in [0.717, 1.165) is 15.4 Å². The summed E-state index contributed by atoms with van der Waals surface area (Å²) in [7, 11) is 3.18. The molecular weight excluding hydrogens is 260 g/mol. The Morgan fingerprint density at radius 1 is 1.53 bits per heavy atom. The van der Waals surface area contributed by atoms with Crippen LogP contribution in [0.4, 0.5) is 0 Å². The molecule has 0 saturated carbocycles. The maximum atomic E-state index is 11.5. The van der Waals surface area contributed by atoms with Gasteiger partial charge in [-0.15, -0.1) is 0 Å². The smallest absolute Gasteiger partial charge is 0.338 e. The van der Waals surface area contributed by atoms with E-state index in [9.17, 15) is 4.79 Å². The standard InChI is InChI=1S/C10H9BrN2O2/c1-13-5-8-7(10(14)15-2)3-6(11)4-9(8)12-13/h3-5H,1-2H3. The van der Waals surface area contributed by atoms with Crippen molar-refractivity contribution in [3.63, 3.8) is 0 Å². The van der Waals surface area contributed by atoms with Crippen LogP contribution in [0.25, 0.3) is 10.9 Å². The zero-order valence-corrected chi connectivity index (χ0v) is 9.91. The van der Waals surface area contributed by atoms with Gasteiger partial charge in [0.15, 0.2) is 0 Å². The van der Waals surface area contributed by atoms with E-state index in [-0.39, 0.29) is 5.97 Å². The Bertz CT molecular complexity index is 533. The predicted molar refractivity (Wildman–Crippen MR) is 59.8 cm³/mol. The van der Waals surface area contributed by atoms with E-state index in [2.05, 4.69) is 21.0 Å². The minimum atomic E-state index is -0.352. The van der Waals surface area contributed by atoms with Crippen molar-refractivity contribution in [2.24, 2.45) is 7.05 Å². The molecule has 0 radical (unpaired) electrons. The van der Waals surface area contributed by atoms with Crippen molar-refractivity contribution in [2.45, 2.75) is 0 Å². The quantitative estimate of drug-likeness (QED) is 0.745. The predicted octanol–water partition coefficient (Wildman–Crippen LogP) is 2.12. The molecule has 0 amide bonds. The van der Waals surface area contributed by atoms with Crippen molar-refractivity contribution in [3.05, 3.63) is 28.4 Å². The normalized spacial score (nSPS) is 10.6. The molecule has 1 heterocycles. The second kappa shape index (κ2) is 3.66.